The molecule has 104 valence electrons. The van der Waals surface area contributed by atoms with Crippen LogP contribution < -0.4 is 10.6 Å². The third kappa shape index (κ3) is 4.06. The van der Waals surface area contributed by atoms with Crippen LogP contribution in [0, 0.1) is 0 Å². The van der Waals surface area contributed by atoms with E-state index in [1.807, 2.05) is 38.1 Å². The van der Waals surface area contributed by atoms with Crippen LogP contribution in [0.2, 0.25) is 0 Å². The summed E-state index contributed by atoms with van der Waals surface area (Å²) in [4.78, 5) is 16.3. The van der Waals surface area contributed by atoms with Crippen LogP contribution in [-0.2, 0) is 0 Å². The van der Waals surface area contributed by atoms with Crippen molar-refractivity contribution in [2.75, 3.05) is 10.6 Å². The number of hydrogen-bond donors (Lipinski definition) is 2. The number of anilines is 2. The summed E-state index contributed by atoms with van der Waals surface area (Å²) in [5.41, 5.74) is 1.27. The van der Waals surface area contributed by atoms with Gasteiger partial charge in [-0.15, -0.1) is 0 Å². The van der Waals surface area contributed by atoms with Crippen LogP contribution in [0.25, 0.3) is 0 Å². The van der Waals surface area contributed by atoms with Crippen molar-refractivity contribution in [3.05, 3.63) is 52.6 Å². The van der Waals surface area contributed by atoms with Gasteiger partial charge in [0.2, 0.25) is 0 Å². The lowest BCUT2D eigenvalue weighted by molar-refractivity contribution is 0.102. The Hall–Kier alpha value is -1.88. The molecule has 0 spiro atoms. The van der Waals surface area contributed by atoms with Gasteiger partial charge in [0.05, 0.1) is 11.9 Å². The maximum Gasteiger partial charge on any atom is 0.255 e. The van der Waals surface area contributed by atoms with Crippen LogP contribution in [0.3, 0.4) is 0 Å². The van der Waals surface area contributed by atoms with Gasteiger partial charge < -0.3 is 10.6 Å². The summed E-state index contributed by atoms with van der Waals surface area (Å²) in [6.07, 6.45) is 1.64. The van der Waals surface area contributed by atoms with E-state index in [0.717, 1.165) is 10.3 Å². The number of halogens is 1. The van der Waals surface area contributed by atoms with E-state index in [-0.39, 0.29) is 5.91 Å². The second kappa shape index (κ2) is 6.52. The molecule has 2 rings (SSSR count). The number of carbonyl (C=O) groups excluding carboxylic acids is 1. The van der Waals surface area contributed by atoms with Gasteiger partial charge in [-0.3, -0.25) is 4.79 Å². The molecule has 20 heavy (non-hydrogen) atoms. The fraction of sp³-hybridized carbons (Fsp3) is 0.200. The summed E-state index contributed by atoms with van der Waals surface area (Å²) >= 11 is 3.35. The van der Waals surface area contributed by atoms with Crippen molar-refractivity contribution >= 4 is 33.3 Å². The summed E-state index contributed by atoms with van der Waals surface area (Å²) in [6.45, 7) is 4.09. The zero-order valence-electron chi connectivity index (χ0n) is 11.4. The highest BCUT2D eigenvalue weighted by molar-refractivity contribution is 9.10. The highest BCUT2D eigenvalue weighted by Crippen LogP contribution is 2.15. The third-order valence-electron chi connectivity index (χ3n) is 2.54. The van der Waals surface area contributed by atoms with Gasteiger partial charge in [-0.2, -0.15) is 0 Å². The van der Waals surface area contributed by atoms with Crippen molar-refractivity contribution in [1.29, 1.82) is 0 Å². The van der Waals surface area contributed by atoms with Crippen molar-refractivity contribution in [1.82, 2.24) is 4.98 Å². The van der Waals surface area contributed by atoms with E-state index in [9.17, 15) is 4.79 Å². The number of hydrogen-bond acceptors (Lipinski definition) is 3. The molecule has 0 aliphatic carbocycles. The number of amides is 1. The Bertz CT molecular complexity index is 596. The predicted octanol–water partition coefficient (Wildman–Crippen LogP) is 3.92. The summed E-state index contributed by atoms with van der Waals surface area (Å²) < 4.78 is 0.875. The largest absolute Gasteiger partial charge is 0.368 e. The van der Waals surface area contributed by atoms with E-state index in [0.29, 0.717) is 17.3 Å². The van der Waals surface area contributed by atoms with Gasteiger partial charge in [-0.1, -0.05) is 22.0 Å². The van der Waals surface area contributed by atoms with Gasteiger partial charge in [0.15, 0.2) is 0 Å². The molecule has 0 saturated carbocycles. The molecule has 0 bridgehead atoms. The second-order valence-corrected chi connectivity index (χ2v) is 5.61. The third-order valence-corrected chi connectivity index (χ3v) is 3.04. The predicted molar refractivity (Wildman–Crippen MR) is 85.1 cm³/mol. The number of nitrogens with one attached hydrogen (secondary N) is 2. The standard InChI is InChI=1S/C15H16BrN3O/c1-10(2)18-14-7-6-13(9-17-14)19-15(20)11-4-3-5-12(16)8-11/h3-10H,1-2H3,(H,17,18)(H,19,20). The van der Waals surface area contributed by atoms with E-state index in [2.05, 4.69) is 31.5 Å². The Morgan fingerprint density at radius 3 is 2.65 bits per heavy atom. The normalized spacial score (nSPS) is 10.4. The van der Waals surface area contributed by atoms with Crippen molar-refractivity contribution in [2.24, 2.45) is 0 Å². The molecule has 0 aliphatic rings. The fourth-order valence-electron chi connectivity index (χ4n) is 1.68. The van der Waals surface area contributed by atoms with Crippen LogP contribution in [0.1, 0.15) is 24.2 Å². The SMILES string of the molecule is CC(C)Nc1ccc(NC(=O)c2cccc(Br)c2)cn1. The smallest absolute Gasteiger partial charge is 0.255 e. The minimum atomic E-state index is -0.155. The number of benzene rings is 1. The Balaban J connectivity index is 2.04. The van der Waals surface area contributed by atoms with E-state index in [4.69, 9.17) is 0 Å². The number of carbonyl (C=O) groups is 1. The van der Waals surface area contributed by atoms with E-state index >= 15 is 0 Å². The molecule has 2 aromatic rings. The molecule has 1 amide bonds. The van der Waals surface area contributed by atoms with Gasteiger partial charge in [0.25, 0.3) is 5.91 Å². The van der Waals surface area contributed by atoms with Crippen molar-refractivity contribution < 1.29 is 4.79 Å². The molecule has 0 radical (unpaired) electrons. The fourth-order valence-corrected chi connectivity index (χ4v) is 2.08. The first-order valence-electron chi connectivity index (χ1n) is 6.34. The van der Waals surface area contributed by atoms with E-state index < -0.39 is 0 Å². The highest BCUT2D eigenvalue weighted by atomic mass is 79.9. The molecule has 4 nitrogen and oxygen atoms in total. The molecule has 1 heterocycles. The lowest BCUT2D eigenvalue weighted by Crippen LogP contribution is -2.13. The maximum absolute atomic E-state index is 12.1. The van der Waals surface area contributed by atoms with Crippen molar-refractivity contribution in [3.63, 3.8) is 0 Å². The minimum Gasteiger partial charge on any atom is -0.368 e. The van der Waals surface area contributed by atoms with Crippen molar-refractivity contribution in [3.8, 4) is 0 Å². The van der Waals surface area contributed by atoms with E-state index in [1.165, 1.54) is 0 Å². The van der Waals surface area contributed by atoms with E-state index in [1.54, 1.807) is 18.3 Å². The number of nitrogens with zero attached hydrogens (tertiary/aromatic N) is 1. The molecular formula is C15H16BrN3O. The summed E-state index contributed by atoms with van der Waals surface area (Å²) in [5, 5.41) is 6.01. The lowest BCUT2D eigenvalue weighted by Gasteiger charge is -2.10. The molecule has 1 aromatic carbocycles. The summed E-state index contributed by atoms with van der Waals surface area (Å²) in [5.74, 6) is 0.637. The first-order chi connectivity index (χ1) is 9.54. The molecule has 0 fully saturated rings. The van der Waals surface area contributed by atoms with Gasteiger partial charge in [-0.05, 0) is 44.2 Å². The monoisotopic (exact) mass is 333 g/mol. The van der Waals surface area contributed by atoms with Crippen LogP contribution in [-0.4, -0.2) is 16.9 Å². The Morgan fingerprint density at radius 1 is 1.25 bits per heavy atom. The second-order valence-electron chi connectivity index (χ2n) is 4.70. The Labute approximate surface area is 126 Å². The number of rotatable bonds is 4. The molecular weight excluding hydrogens is 318 g/mol. The lowest BCUT2D eigenvalue weighted by atomic mass is 10.2. The summed E-state index contributed by atoms with van der Waals surface area (Å²) in [7, 11) is 0. The maximum atomic E-state index is 12.1. The molecule has 0 saturated heterocycles. The molecule has 5 heteroatoms. The first kappa shape index (κ1) is 14.5. The number of pyridine rings is 1. The zero-order chi connectivity index (χ0) is 14.5. The molecule has 0 unspecified atom stereocenters. The van der Waals surface area contributed by atoms with Gasteiger partial charge >= 0.3 is 0 Å². The Kier molecular flexibility index (Phi) is 4.74. The van der Waals surface area contributed by atoms with Crippen LogP contribution >= 0.6 is 15.9 Å². The quantitative estimate of drug-likeness (QED) is 0.891. The van der Waals surface area contributed by atoms with Crippen LogP contribution in [0.5, 0.6) is 0 Å². The molecule has 0 aliphatic heterocycles. The highest BCUT2D eigenvalue weighted by Gasteiger charge is 2.06. The topological polar surface area (TPSA) is 54.0 Å². The molecule has 1 aromatic heterocycles. The van der Waals surface area contributed by atoms with Gasteiger partial charge in [0.1, 0.15) is 5.82 Å². The van der Waals surface area contributed by atoms with Crippen LogP contribution in [0.4, 0.5) is 11.5 Å². The number of aromatic nitrogens is 1. The molecule has 2 N–H and O–H groups in total. The Morgan fingerprint density at radius 2 is 2.05 bits per heavy atom. The van der Waals surface area contributed by atoms with Crippen LogP contribution in [0.15, 0.2) is 47.1 Å². The first-order valence-corrected chi connectivity index (χ1v) is 7.13. The van der Waals surface area contributed by atoms with Gasteiger partial charge in [-0.25, -0.2) is 4.98 Å². The average Bonchev–Trinajstić information content (AvgIpc) is 2.40. The average molecular weight is 334 g/mol. The zero-order valence-corrected chi connectivity index (χ0v) is 12.9. The minimum absolute atomic E-state index is 0.155. The van der Waals surface area contributed by atoms with Crippen molar-refractivity contribution in [2.45, 2.75) is 19.9 Å². The van der Waals surface area contributed by atoms with Gasteiger partial charge in [0, 0.05) is 16.1 Å². The summed E-state index contributed by atoms with van der Waals surface area (Å²) in [6, 6.07) is 11.2. The molecule has 0 atom stereocenters.